The van der Waals surface area contributed by atoms with Crippen LogP contribution in [0.15, 0.2) is 60.8 Å². The highest BCUT2D eigenvalue weighted by molar-refractivity contribution is 5.93. The van der Waals surface area contributed by atoms with Crippen LogP contribution in [0.2, 0.25) is 0 Å². The molecule has 1 saturated heterocycles. The van der Waals surface area contributed by atoms with E-state index >= 15 is 0 Å². The molecule has 2 aromatic carbocycles. The summed E-state index contributed by atoms with van der Waals surface area (Å²) in [7, 11) is 0. The van der Waals surface area contributed by atoms with Crippen molar-refractivity contribution in [2.45, 2.75) is 38.2 Å². The normalized spacial score (nSPS) is 15.1. The van der Waals surface area contributed by atoms with Gasteiger partial charge in [-0.1, -0.05) is 12.5 Å². The van der Waals surface area contributed by atoms with Gasteiger partial charge in [0, 0.05) is 22.8 Å². The number of fused-ring (bicyclic) bond motifs is 1. The van der Waals surface area contributed by atoms with Crippen molar-refractivity contribution < 1.29 is 26.3 Å². The first-order valence-electron chi connectivity index (χ1n) is 12.1. The van der Waals surface area contributed by atoms with Gasteiger partial charge in [-0.3, -0.25) is 9.88 Å². The van der Waals surface area contributed by atoms with E-state index in [4.69, 9.17) is 0 Å². The van der Waals surface area contributed by atoms with Gasteiger partial charge in [0.1, 0.15) is 11.6 Å². The molecule has 0 amide bonds. The highest BCUT2D eigenvalue weighted by atomic mass is 19.4. The summed E-state index contributed by atoms with van der Waals surface area (Å²) >= 11 is 0. The first kappa shape index (κ1) is 25.9. The summed E-state index contributed by atoms with van der Waals surface area (Å²) in [5, 5.41) is 3.58. The van der Waals surface area contributed by atoms with Crippen LogP contribution >= 0.6 is 0 Å². The van der Waals surface area contributed by atoms with Crippen LogP contribution in [-0.2, 0) is 18.9 Å². The van der Waals surface area contributed by atoms with Crippen LogP contribution < -0.4 is 5.32 Å². The molecule has 0 bridgehead atoms. The topological polar surface area (TPSA) is 53.9 Å². The number of hydrogen-bond acceptors (Lipinski definition) is 5. The lowest BCUT2D eigenvalue weighted by Crippen LogP contribution is -2.30. The Morgan fingerprint density at radius 3 is 2.24 bits per heavy atom. The first-order valence-corrected chi connectivity index (χ1v) is 12.1. The Labute approximate surface area is 214 Å². The van der Waals surface area contributed by atoms with E-state index in [1.165, 1.54) is 36.5 Å². The van der Waals surface area contributed by atoms with Crippen LogP contribution in [0, 0.1) is 0 Å². The lowest BCUT2D eigenvalue weighted by Gasteiger charge is -2.25. The summed E-state index contributed by atoms with van der Waals surface area (Å²) in [6.07, 6.45) is -4.50. The molecular weight excluding hydrogens is 508 g/mol. The predicted octanol–water partition coefficient (Wildman–Crippen LogP) is 7.46. The molecule has 0 unspecified atom stereocenters. The highest BCUT2D eigenvalue weighted by Gasteiger charge is 2.34. The Bertz CT molecular complexity index is 1430. The van der Waals surface area contributed by atoms with Crippen molar-refractivity contribution in [2.24, 2.45) is 0 Å². The van der Waals surface area contributed by atoms with Crippen molar-refractivity contribution in [1.29, 1.82) is 0 Å². The molecule has 11 heteroatoms. The molecule has 3 heterocycles. The lowest BCUT2D eigenvalue weighted by atomic mass is 10.0. The number of aromatic nitrogens is 3. The second kappa shape index (κ2) is 10.2. The number of piperidine rings is 1. The molecular formula is C27H23F6N5. The molecule has 0 radical (unpaired) electrons. The summed E-state index contributed by atoms with van der Waals surface area (Å²) < 4.78 is 79.9. The van der Waals surface area contributed by atoms with Crippen molar-refractivity contribution in [3.05, 3.63) is 77.7 Å². The summed E-state index contributed by atoms with van der Waals surface area (Å²) in [6.45, 7) is 2.21. The van der Waals surface area contributed by atoms with Gasteiger partial charge in [0.2, 0.25) is 0 Å². The quantitative estimate of drug-likeness (QED) is 0.271. The van der Waals surface area contributed by atoms with Crippen LogP contribution in [-0.4, -0.2) is 32.9 Å². The molecule has 38 heavy (non-hydrogen) atoms. The summed E-state index contributed by atoms with van der Waals surface area (Å²) in [5.41, 5.74) is -0.816. The number of nitrogens with one attached hydrogen (secondary N) is 1. The molecule has 1 N–H and O–H groups in total. The zero-order valence-electron chi connectivity index (χ0n) is 20.1. The Balaban J connectivity index is 1.57. The number of benzene rings is 2. The SMILES string of the molecule is FC(F)(F)c1ccc(Nc2nc(CN3CCCCC3)nc3cc(-c4ncccc4C(F)(F)F)ccc23)cc1. The molecule has 4 aromatic rings. The standard InChI is InChI=1S/C27H23F6N5/c28-26(29,30)18-7-9-19(10-8-18)35-25-20-11-6-17(24-21(27(31,32)33)5-4-12-34-24)15-22(20)36-23(37-25)16-38-13-2-1-3-14-38/h4-12,15H,1-3,13-14,16H2,(H,35,36,37). The number of rotatable bonds is 5. The molecule has 0 saturated carbocycles. The average Bonchev–Trinajstić information content (AvgIpc) is 2.88. The Hall–Kier alpha value is -3.73. The smallest absolute Gasteiger partial charge is 0.340 e. The molecule has 5 rings (SSSR count). The van der Waals surface area contributed by atoms with Crippen LogP contribution in [0.4, 0.5) is 37.8 Å². The number of halogens is 6. The van der Waals surface area contributed by atoms with Crippen LogP contribution in [0.25, 0.3) is 22.2 Å². The molecule has 0 spiro atoms. The van der Waals surface area contributed by atoms with E-state index in [9.17, 15) is 26.3 Å². The van der Waals surface area contributed by atoms with Gasteiger partial charge in [0.25, 0.3) is 0 Å². The summed E-state index contributed by atoms with van der Waals surface area (Å²) in [6, 6.07) is 11.4. The number of likely N-dealkylation sites (tertiary alicyclic amines) is 1. The molecule has 1 aliphatic rings. The van der Waals surface area contributed by atoms with Crippen molar-refractivity contribution in [3.8, 4) is 11.3 Å². The van der Waals surface area contributed by atoms with Gasteiger partial charge in [-0.15, -0.1) is 0 Å². The van der Waals surface area contributed by atoms with Gasteiger partial charge in [-0.2, -0.15) is 26.3 Å². The minimum atomic E-state index is -4.58. The van der Waals surface area contributed by atoms with E-state index in [0.717, 1.165) is 50.6 Å². The molecule has 1 fully saturated rings. The fourth-order valence-electron chi connectivity index (χ4n) is 4.55. The fraction of sp³-hybridized carbons (Fsp3) is 0.296. The van der Waals surface area contributed by atoms with E-state index in [2.05, 4.69) is 25.2 Å². The fourth-order valence-corrected chi connectivity index (χ4v) is 4.55. The second-order valence-electron chi connectivity index (χ2n) is 9.15. The van der Waals surface area contributed by atoms with E-state index in [1.54, 1.807) is 6.07 Å². The average molecular weight is 532 g/mol. The Morgan fingerprint density at radius 1 is 0.816 bits per heavy atom. The van der Waals surface area contributed by atoms with Gasteiger partial charge in [0.05, 0.1) is 28.9 Å². The summed E-state index contributed by atoms with van der Waals surface area (Å²) in [5.74, 6) is 0.813. The van der Waals surface area contributed by atoms with E-state index in [1.807, 2.05) is 0 Å². The maximum absolute atomic E-state index is 13.6. The minimum Gasteiger partial charge on any atom is -0.340 e. The number of pyridine rings is 1. The second-order valence-corrected chi connectivity index (χ2v) is 9.15. The lowest BCUT2D eigenvalue weighted by molar-refractivity contribution is -0.138. The Kier molecular flexibility index (Phi) is 6.95. The van der Waals surface area contributed by atoms with Crippen LogP contribution in [0.3, 0.4) is 0 Å². The van der Waals surface area contributed by atoms with Crippen molar-refractivity contribution in [3.63, 3.8) is 0 Å². The third-order valence-electron chi connectivity index (χ3n) is 6.42. The maximum Gasteiger partial charge on any atom is 0.418 e. The molecule has 2 aromatic heterocycles. The van der Waals surface area contributed by atoms with E-state index in [0.29, 0.717) is 34.8 Å². The largest absolute Gasteiger partial charge is 0.418 e. The number of nitrogens with zero attached hydrogens (tertiary/aromatic N) is 4. The zero-order valence-corrected chi connectivity index (χ0v) is 20.1. The monoisotopic (exact) mass is 531 g/mol. The van der Waals surface area contributed by atoms with Gasteiger partial charge in [-0.25, -0.2) is 9.97 Å². The van der Waals surface area contributed by atoms with Gasteiger partial charge < -0.3 is 5.32 Å². The minimum absolute atomic E-state index is 0.213. The van der Waals surface area contributed by atoms with Crippen molar-refractivity contribution >= 4 is 22.4 Å². The molecule has 5 nitrogen and oxygen atoms in total. The van der Waals surface area contributed by atoms with E-state index < -0.39 is 23.5 Å². The van der Waals surface area contributed by atoms with Gasteiger partial charge in [0.15, 0.2) is 0 Å². The molecule has 0 aliphatic carbocycles. The Morgan fingerprint density at radius 2 is 1.55 bits per heavy atom. The van der Waals surface area contributed by atoms with Gasteiger partial charge >= 0.3 is 12.4 Å². The molecule has 0 atom stereocenters. The number of hydrogen-bond donors (Lipinski definition) is 1. The first-order chi connectivity index (χ1) is 18.1. The van der Waals surface area contributed by atoms with Crippen molar-refractivity contribution in [1.82, 2.24) is 19.9 Å². The summed E-state index contributed by atoms with van der Waals surface area (Å²) in [4.78, 5) is 15.5. The third-order valence-corrected chi connectivity index (χ3v) is 6.42. The maximum atomic E-state index is 13.6. The third kappa shape index (κ3) is 5.72. The van der Waals surface area contributed by atoms with Crippen molar-refractivity contribution in [2.75, 3.05) is 18.4 Å². The van der Waals surface area contributed by atoms with E-state index in [-0.39, 0.29) is 11.3 Å². The zero-order chi connectivity index (χ0) is 26.9. The van der Waals surface area contributed by atoms with Gasteiger partial charge in [-0.05, 0) is 74.5 Å². The molecule has 198 valence electrons. The molecule has 1 aliphatic heterocycles. The predicted molar refractivity (Wildman–Crippen MR) is 132 cm³/mol. The number of anilines is 2. The van der Waals surface area contributed by atoms with Crippen LogP contribution in [0.5, 0.6) is 0 Å². The number of alkyl halides is 6. The highest BCUT2D eigenvalue weighted by Crippen LogP contribution is 2.37. The van der Waals surface area contributed by atoms with Crippen LogP contribution in [0.1, 0.15) is 36.2 Å².